The van der Waals surface area contributed by atoms with Crippen LogP contribution in [0.4, 0.5) is 0 Å². The highest BCUT2D eigenvalue weighted by Gasteiger charge is 2.19. The zero-order chi connectivity index (χ0) is 19.8. The van der Waals surface area contributed by atoms with Crippen molar-refractivity contribution in [2.24, 2.45) is 16.1 Å². The first-order valence-corrected chi connectivity index (χ1v) is 8.33. The zero-order valence-electron chi connectivity index (χ0n) is 15.4. The molecule has 0 saturated carbocycles. The van der Waals surface area contributed by atoms with Gasteiger partial charge in [0.1, 0.15) is 6.04 Å². The summed E-state index contributed by atoms with van der Waals surface area (Å²) < 4.78 is 4.79. The lowest BCUT2D eigenvalue weighted by atomic mass is 9.98. The maximum atomic E-state index is 11.8. The van der Waals surface area contributed by atoms with Crippen LogP contribution in [0.5, 0.6) is 0 Å². The lowest BCUT2D eigenvalue weighted by Crippen LogP contribution is -2.37. The number of hydrogen-bond acceptors (Lipinski definition) is 5. The van der Waals surface area contributed by atoms with E-state index in [2.05, 4.69) is 22.2 Å². The van der Waals surface area contributed by atoms with Crippen molar-refractivity contribution in [2.75, 3.05) is 7.11 Å². The molecule has 0 amide bonds. The fraction of sp³-hybridized carbons (Fsp3) is 0.200. The molecule has 7 heteroatoms. The Labute approximate surface area is 158 Å². The largest absolute Gasteiger partial charge is 0.468 e. The molecule has 1 atom stereocenters. The number of nitrogens with two attached hydrogens (primary N) is 1. The molecule has 0 aliphatic carbocycles. The summed E-state index contributed by atoms with van der Waals surface area (Å²) in [6, 6.07) is 14.9. The number of rotatable bonds is 8. The Morgan fingerprint density at radius 1 is 1.26 bits per heavy atom. The Hall–Kier alpha value is -3.32. The van der Waals surface area contributed by atoms with E-state index in [-0.39, 0.29) is 11.8 Å². The fourth-order valence-electron chi connectivity index (χ4n) is 2.66. The topological polar surface area (TPSA) is 113 Å². The molecule has 4 N–H and O–H groups in total. The van der Waals surface area contributed by atoms with Gasteiger partial charge in [0, 0.05) is 12.1 Å². The van der Waals surface area contributed by atoms with Crippen molar-refractivity contribution in [1.29, 1.82) is 5.53 Å². The van der Waals surface area contributed by atoms with Gasteiger partial charge in [-0.05, 0) is 23.6 Å². The molecule has 27 heavy (non-hydrogen) atoms. The van der Waals surface area contributed by atoms with Crippen molar-refractivity contribution in [3.8, 4) is 11.1 Å². The smallest absolute Gasteiger partial charge is 0.327 e. The second-order valence-corrected chi connectivity index (χ2v) is 6.01. The molecular formula is C20H23N5O2. The number of carbonyl (C=O) groups excluding carboxylic acids is 1. The van der Waals surface area contributed by atoms with E-state index in [1.165, 1.54) is 7.11 Å². The third-order valence-electron chi connectivity index (χ3n) is 4.07. The van der Waals surface area contributed by atoms with E-state index in [0.29, 0.717) is 17.7 Å². The Balaban J connectivity index is 2.19. The van der Waals surface area contributed by atoms with Gasteiger partial charge in [0.2, 0.25) is 0 Å². The van der Waals surface area contributed by atoms with Crippen LogP contribution < -0.4 is 11.1 Å². The molecule has 0 aromatic heterocycles. The molecule has 140 valence electrons. The molecule has 0 radical (unpaired) electrons. The van der Waals surface area contributed by atoms with E-state index in [4.69, 9.17) is 16.0 Å². The molecule has 0 unspecified atom stereocenters. The van der Waals surface area contributed by atoms with E-state index in [0.717, 1.165) is 16.7 Å². The lowest BCUT2D eigenvalue weighted by Gasteiger charge is -2.16. The van der Waals surface area contributed by atoms with E-state index in [1.807, 2.05) is 48.5 Å². The number of amidine groups is 1. The standard InChI is InChI=1S/C20H23N5O2/c1-13(2)18(20(26)27-3)23-12-14-8-10-15(11-9-14)16-6-4-5-7-17(16)19(21)24-25-22/h4-11,18,23H,1,12H2,2-3H3,(H3,21,22,24)/t18-/m0/s1. The number of ether oxygens (including phenoxy) is 1. The van der Waals surface area contributed by atoms with Crippen molar-refractivity contribution in [3.05, 3.63) is 71.8 Å². The van der Waals surface area contributed by atoms with Gasteiger partial charge in [-0.3, -0.25) is 10.1 Å². The first kappa shape index (κ1) is 20.0. The molecule has 0 fully saturated rings. The maximum absolute atomic E-state index is 11.8. The highest BCUT2D eigenvalue weighted by Crippen LogP contribution is 2.24. The van der Waals surface area contributed by atoms with E-state index < -0.39 is 6.04 Å². The second-order valence-electron chi connectivity index (χ2n) is 6.01. The number of nitrogens with zero attached hydrogens (tertiary/aromatic N) is 2. The molecule has 0 aliphatic rings. The van der Waals surface area contributed by atoms with Crippen LogP contribution in [0.2, 0.25) is 0 Å². The van der Waals surface area contributed by atoms with Gasteiger partial charge in [0.05, 0.1) is 7.11 Å². The number of hydrogen-bond donors (Lipinski definition) is 3. The molecule has 7 nitrogen and oxygen atoms in total. The predicted octanol–water partition coefficient (Wildman–Crippen LogP) is 3.21. The molecule has 0 aliphatic heterocycles. The van der Waals surface area contributed by atoms with E-state index >= 15 is 0 Å². The van der Waals surface area contributed by atoms with Crippen LogP contribution in [-0.4, -0.2) is 25.0 Å². The first-order chi connectivity index (χ1) is 13.0. The third kappa shape index (κ3) is 5.08. The van der Waals surface area contributed by atoms with Crippen LogP contribution in [0.3, 0.4) is 0 Å². The summed E-state index contributed by atoms with van der Waals surface area (Å²) in [5.41, 5.74) is 17.0. The van der Waals surface area contributed by atoms with Gasteiger partial charge in [-0.15, -0.1) is 5.10 Å². The lowest BCUT2D eigenvalue weighted by molar-refractivity contribution is -0.142. The van der Waals surface area contributed by atoms with Crippen LogP contribution in [0, 0.1) is 5.53 Å². The van der Waals surface area contributed by atoms with Gasteiger partial charge in [0.15, 0.2) is 5.84 Å². The summed E-state index contributed by atoms with van der Waals surface area (Å²) in [4.78, 5) is 11.8. The molecule has 2 aromatic carbocycles. The van der Waals surface area contributed by atoms with Gasteiger partial charge in [-0.25, -0.2) is 0 Å². The Morgan fingerprint density at radius 3 is 2.52 bits per heavy atom. The summed E-state index contributed by atoms with van der Waals surface area (Å²) in [6.45, 7) is 6.10. The van der Waals surface area contributed by atoms with Crippen molar-refractivity contribution < 1.29 is 9.53 Å². The number of carbonyl (C=O) groups is 1. The highest BCUT2D eigenvalue weighted by atomic mass is 16.5. The number of nitrogens with one attached hydrogen (secondary N) is 2. The summed E-state index contributed by atoms with van der Waals surface area (Å²) in [7, 11) is 1.36. The molecule has 0 spiro atoms. The Kier molecular flexibility index (Phi) is 6.96. The Bertz CT molecular complexity index is 859. The number of benzene rings is 2. The number of esters is 1. The average Bonchev–Trinajstić information content (AvgIpc) is 2.68. The van der Waals surface area contributed by atoms with Gasteiger partial charge in [-0.2, -0.15) is 5.53 Å². The molecular weight excluding hydrogens is 342 g/mol. The van der Waals surface area contributed by atoms with Crippen LogP contribution in [0.1, 0.15) is 18.1 Å². The predicted molar refractivity (Wildman–Crippen MR) is 105 cm³/mol. The van der Waals surface area contributed by atoms with Gasteiger partial charge >= 0.3 is 5.97 Å². The van der Waals surface area contributed by atoms with E-state index in [1.54, 1.807) is 6.92 Å². The van der Waals surface area contributed by atoms with Crippen molar-refractivity contribution in [2.45, 2.75) is 19.5 Å². The van der Waals surface area contributed by atoms with E-state index in [9.17, 15) is 4.79 Å². The second kappa shape index (κ2) is 9.40. The molecule has 2 rings (SSSR count). The highest BCUT2D eigenvalue weighted by molar-refractivity contribution is 6.03. The molecule has 2 aromatic rings. The third-order valence-corrected chi connectivity index (χ3v) is 4.07. The van der Waals surface area contributed by atoms with Crippen LogP contribution in [0.25, 0.3) is 11.1 Å². The van der Waals surface area contributed by atoms with Crippen molar-refractivity contribution in [1.82, 2.24) is 5.32 Å². The first-order valence-electron chi connectivity index (χ1n) is 8.33. The molecule has 0 heterocycles. The summed E-state index contributed by atoms with van der Waals surface area (Å²) >= 11 is 0. The minimum absolute atomic E-state index is 0.189. The normalized spacial score (nSPS) is 12.3. The van der Waals surface area contributed by atoms with Crippen LogP contribution in [0.15, 0.2) is 71.0 Å². The van der Waals surface area contributed by atoms with Gasteiger partial charge in [0.25, 0.3) is 0 Å². The molecule has 0 bridgehead atoms. The van der Waals surface area contributed by atoms with Gasteiger partial charge in [-0.1, -0.05) is 65.9 Å². The van der Waals surface area contributed by atoms with Crippen molar-refractivity contribution in [3.63, 3.8) is 0 Å². The van der Waals surface area contributed by atoms with Crippen molar-refractivity contribution >= 4 is 11.8 Å². The van der Waals surface area contributed by atoms with Crippen LogP contribution in [-0.2, 0) is 16.1 Å². The van der Waals surface area contributed by atoms with Gasteiger partial charge < -0.3 is 10.5 Å². The minimum atomic E-state index is -0.542. The quantitative estimate of drug-likeness (QED) is 0.166. The van der Waals surface area contributed by atoms with Crippen LogP contribution >= 0.6 is 0 Å². The monoisotopic (exact) mass is 365 g/mol. The SMILES string of the molecule is C=C(C)[C@H](NCc1ccc(-c2ccccc2C(N)=NN=N)cc1)C(=O)OC. The zero-order valence-corrected chi connectivity index (χ0v) is 15.4. The minimum Gasteiger partial charge on any atom is -0.468 e. The average molecular weight is 365 g/mol. The maximum Gasteiger partial charge on any atom is 0.327 e. The number of methoxy groups -OCH3 is 1. The summed E-state index contributed by atoms with van der Waals surface area (Å²) in [5.74, 6) is -0.170. The Morgan fingerprint density at radius 2 is 1.93 bits per heavy atom. The molecule has 0 saturated heterocycles. The summed E-state index contributed by atoms with van der Waals surface area (Å²) in [5, 5.41) is 9.75. The fourth-order valence-corrected chi connectivity index (χ4v) is 2.66. The summed E-state index contributed by atoms with van der Waals surface area (Å²) in [6.07, 6.45) is 0.